The van der Waals surface area contributed by atoms with Crippen molar-refractivity contribution in [3.63, 3.8) is 0 Å². The molecule has 0 aromatic carbocycles. The highest BCUT2D eigenvalue weighted by Crippen LogP contribution is 2.46. The molecule has 11 heteroatoms. The second-order valence-electron chi connectivity index (χ2n) is 12.2. The number of rotatable bonds is 4. The first-order chi connectivity index (χ1) is 17.4. The molecule has 3 heterocycles. The van der Waals surface area contributed by atoms with Crippen molar-refractivity contribution in [1.29, 1.82) is 0 Å². The van der Waals surface area contributed by atoms with Gasteiger partial charge in [-0.1, -0.05) is 19.2 Å². The first-order valence-corrected chi connectivity index (χ1v) is 13.2. The lowest BCUT2D eigenvalue weighted by Crippen LogP contribution is -2.60. The van der Waals surface area contributed by atoms with Crippen molar-refractivity contribution in [2.45, 2.75) is 89.9 Å². The number of hydrogen-bond acceptors (Lipinski definition) is 6. The number of likely N-dealkylation sites (tertiary alicyclic amines) is 1. The fourth-order valence-corrected chi connectivity index (χ4v) is 6.37. The summed E-state index contributed by atoms with van der Waals surface area (Å²) in [6, 6.07) is 2.59. The third-order valence-corrected chi connectivity index (χ3v) is 7.80. The lowest BCUT2D eigenvalue weighted by molar-refractivity contribution is -0.179. The van der Waals surface area contributed by atoms with Gasteiger partial charge in [0.05, 0.1) is 32.7 Å². The summed E-state index contributed by atoms with van der Waals surface area (Å²) in [7, 11) is 13.4. The third kappa shape index (κ3) is 8.43. The maximum atomic E-state index is 12.6. The van der Waals surface area contributed by atoms with Crippen LogP contribution in [0.4, 0.5) is 13.2 Å². The Morgan fingerprint density at radius 2 is 1.56 bits per heavy atom. The van der Waals surface area contributed by atoms with Gasteiger partial charge in [0.1, 0.15) is 0 Å². The molecule has 1 aromatic rings. The molecular weight excluding hydrogens is 501 g/mol. The highest BCUT2D eigenvalue weighted by molar-refractivity contribution is 6.40. The van der Waals surface area contributed by atoms with Gasteiger partial charge in [0.2, 0.25) is 0 Å². The van der Waals surface area contributed by atoms with E-state index in [1.54, 1.807) is 0 Å². The van der Waals surface area contributed by atoms with E-state index >= 15 is 0 Å². The molecule has 6 N–H and O–H groups in total. The molecule has 39 heavy (non-hydrogen) atoms. The number of fused-ring (bicyclic) bond motifs is 1. The highest BCUT2D eigenvalue weighted by Gasteiger charge is 2.49. The summed E-state index contributed by atoms with van der Waals surface area (Å²) in [4.78, 5) is 5.65. The Labute approximate surface area is 234 Å². The Morgan fingerprint density at radius 1 is 1.03 bits per heavy atom. The summed E-state index contributed by atoms with van der Waals surface area (Å²) in [5.74, 6) is 1.90. The van der Waals surface area contributed by atoms with Gasteiger partial charge in [-0.25, -0.2) is 0 Å². The second kappa shape index (κ2) is 12.2. The van der Waals surface area contributed by atoms with Crippen LogP contribution < -0.4 is 17.2 Å². The largest absolute Gasteiger partial charge is 0.434 e. The van der Waals surface area contributed by atoms with Gasteiger partial charge in [-0.3, -0.25) is 4.98 Å². The second-order valence-corrected chi connectivity index (χ2v) is 12.2. The van der Waals surface area contributed by atoms with Crippen LogP contribution in [0.25, 0.3) is 5.70 Å². The van der Waals surface area contributed by atoms with E-state index in [9.17, 15) is 13.2 Å². The molecule has 4 radical (unpaired) electrons. The van der Waals surface area contributed by atoms with Crippen LogP contribution in [-0.4, -0.2) is 55.2 Å². The van der Waals surface area contributed by atoms with Gasteiger partial charge in [0, 0.05) is 30.5 Å². The lowest BCUT2D eigenvalue weighted by Gasteiger charge is -2.53. The van der Waals surface area contributed by atoms with E-state index in [0.717, 1.165) is 44.0 Å². The number of pyridine rings is 1. The number of nitrogens with two attached hydrogens (primary N) is 3. The molecule has 0 spiro atoms. The van der Waals surface area contributed by atoms with Crippen LogP contribution in [0.15, 0.2) is 36.3 Å². The summed E-state index contributed by atoms with van der Waals surface area (Å²) in [6.07, 6.45) is 4.89. The standard InChI is InChI=1S/C17H29B2NO.C10H11F3N4.CH4/c1-15(2)8-14(9-16(3,4)21-15)17(18,19)20-10-12-6-5-7-13(12)11-20;11-10(12,13)9-6(2-1-5-17-9)7(14)3-4-8(15)16;/h12-14H,5-11H2,1-4H3;1-5H,14-16H2;1H4/b;7-3-;. The molecule has 0 amide bonds. The minimum absolute atomic E-state index is 0. The van der Waals surface area contributed by atoms with Gasteiger partial charge >= 0.3 is 6.18 Å². The Bertz CT molecular complexity index is 1010. The molecule has 3 aliphatic rings. The van der Waals surface area contributed by atoms with Crippen LogP contribution >= 0.6 is 0 Å². The van der Waals surface area contributed by atoms with Crippen molar-refractivity contribution in [3.8, 4) is 0 Å². The summed E-state index contributed by atoms with van der Waals surface area (Å²) in [5, 5.41) is -0.692. The van der Waals surface area contributed by atoms with Crippen LogP contribution in [0, 0.1) is 17.8 Å². The topological polar surface area (TPSA) is 103 Å². The van der Waals surface area contributed by atoms with Crippen molar-refractivity contribution in [3.05, 3.63) is 47.6 Å². The lowest BCUT2D eigenvalue weighted by atomic mass is 9.50. The smallest absolute Gasteiger partial charge is 0.398 e. The van der Waals surface area contributed by atoms with Crippen molar-refractivity contribution < 1.29 is 17.9 Å². The Morgan fingerprint density at radius 3 is 2.05 bits per heavy atom. The molecular formula is C28H44B2F3N5O. The predicted molar refractivity (Wildman–Crippen MR) is 153 cm³/mol. The molecule has 1 aliphatic carbocycles. The van der Waals surface area contributed by atoms with Crippen molar-refractivity contribution in [2.24, 2.45) is 35.0 Å². The normalized spacial score (nSPS) is 25.2. The summed E-state index contributed by atoms with van der Waals surface area (Å²) in [5.41, 5.74) is 14.1. The molecule has 2 unspecified atom stereocenters. The number of ether oxygens (including phenoxy) is 1. The van der Waals surface area contributed by atoms with E-state index in [0.29, 0.717) is 0 Å². The first-order valence-electron chi connectivity index (χ1n) is 13.2. The van der Waals surface area contributed by atoms with Gasteiger partial charge in [-0.2, -0.15) is 13.2 Å². The molecule has 6 nitrogen and oxygen atoms in total. The zero-order chi connectivity index (χ0) is 28.5. The third-order valence-electron chi connectivity index (χ3n) is 7.80. The molecule has 3 fully saturated rings. The average Bonchev–Trinajstić information content (AvgIpc) is 3.38. The van der Waals surface area contributed by atoms with Gasteiger partial charge in [0.15, 0.2) is 5.69 Å². The molecule has 1 saturated carbocycles. The van der Waals surface area contributed by atoms with Gasteiger partial charge in [0.25, 0.3) is 0 Å². The number of nitrogens with zero attached hydrogens (tertiary/aromatic N) is 2. The molecule has 1 aromatic heterocycles. The van der Waals surface area contributed by atoms with E-state index in [-0.39, 0.29) is 41.6 Å². The highest BCUT2D eigenvalue weighted by atomic mass is 19.4. The molecule has 2 atom stereocenters. The maximum absolute atomic E-state index is 12.6. The molecule has 0 bridgehead atoms. The van der Waals surface area contributed by atoms with Crippen molar-refractivity contribution in [1.82, 2.24) is 9.88 Å². The average molecular weight is 545 g/mol. The van der Waals surface area contributed by atoms with Gasteiger partial charge in [-0.15, -0.1) is 0 Å². The fourth-order valence-electron chi connectivity index (χ4n) is 6.37. The molecule has 4 rings (SSSR count). The van der Waals surface area contributed by atoms with E-state index in [2.05, 4.69) is 37.6 Å². The number of halogens is 3. The van der Waals surface area contributed by atoms with Crippen LogP contribution in [-0.2, 0) is 10.9 Å². The Hall–Kier alpha value is -2.13. The number of alkyl halides is 3. The van der Waals surface area contributed by atoms with E-state index in [1.165, 1.54) is 43.5 Å². The zero-order valence-corrected chi connectivity index (χ0v) is 22.9. The van der Waals surface area contributed by atoms with Crippen LogP contribution in [0.2, 0.25) is 0 Å². The zero-order valence-electron chi connectivity index (χ0n) is 22.9. The van der Waals surface area contributed by atoms with Crippen LogP contribution in [0.3, 0.4) is 0 Å². The Kier molecular flexibility index (Phi) is 10.3. The summed E-state index contributed by atoms with van der Waals surface area (Å²) < 4.78 is 44.0. The van der Waals surface area contributed by atoms with Crippen LogP contribution in [0.5, 0.6) is 0 Å². The minimum atomic E-state index is -4.56. The van der Waals surface area contributed by atoms with Gasteiger partial charge < -0.3 is 26.8 Å². The SMILES string of the molecule is C.NC(N)=C/C=C(\N)c1cccnc1C(F)(F)F.[B]C([B])(C1CC(C)(C)OC(C)(C)C1)N1CC2CCCC2C1. The molecule has 2 saturated heterocycles. The summed E-state index contributed by atoms with van der Waals surface area (Å²) in [6.45, 7) is 10.8. The first kappa shape index (κ1) is 33.1. The maximum Gasteiger partial charge on any atom is 0.434 e. The van der Waals surface area contributed by atoms with Crippen molar-refractivity contribution >= 4 is 21.4 Å². The number of allylic oxidation sites excluding steroid dienone is 2. The monoisotopic (exact) mass is 545 g/mol. The van der Waals surface area contributed by atoms with E-state index in [4.69, 9.17) is 37.6 Å². The molecule has 214 valence electrons. The van der Waals surface area contributed by atoms with E-state index in [1.807, 2.05) is 0 Å². The number of aromatic nitrogens is 1. The molecule has 2 aliphatic heterocycles. The van der Waals surface area contributed by atoms with Crippen LogP contribution in [0.1, 0.15) is 78.5 Å². The summed E-state index contributed by atoms with van der Waals surface area (Å²) >= 11 is 0. The number of hydrogen-bond donors (Lipinski definition) is 3. The Balaban J connectivity index is 0.000000273. The predicted octanol–water partition coefficient (Wildman–Crippen LogP) is 4.49. The minimum Gasteiger partial charge on any atom is -0.398 e. The van der Waals surface area contributed by atoms with E-state index < -0.39 is 17.2 Å². The quantitative estimate of drug-likeness (QED) is 0.381. The van der Waals surface area contributed by atoms with Gasteiger partial charge in [-0.05, 0) is 95.4 Å². The van der Waals surface area contributed by atoms with Crippen molar-refractivity contribution in [2.75, 3.05) is 13.1 Å². The fraction of sp³-hybridized carbons (Fsp3) is 0.679.